The Hall–Kier alpha value is -3.46. The van der Waals surface area contributed by atoms with E-state index in [4.69, 9.17) is 0 Å². The standard InChI is InChI=1S/C21H18FN5/c22-17-4-3-5-18(13-17)25-21-24-9-8-19(26-21)15-6-7-20(16(12-15)14-23)27-10-1-2-11-27/h3-9,12-13H,1-2,10-11H2,(H,24,25,26). The van der Waals surface area contributed by atoms with Gasteiger partial charge in [-0.05, 0) is 49.2 Å². The van der Waals surface area contributed by atoms with E-state index in [9.17, 15) is 9.65 Å². The molecule has 1 aliphatic heterocycles. The SMILES string of the molecule is N#Cc1cc(-c2ccnc(Nc3cccc(F)c3)n2)ccc1N1CCCC1. The molecular formula is C21H18FN5. The van der Waals surface area contributed by atoms with Crippen molar-refractivity contribution in [2.24, 2.45) is 0 Å². The second-order valence-corrected chi connectivity index (χ2v) is 6.44. The lowest BCUT2D eigenvalue weighted by molar-refractivity contribution is 0.628. The molecule has 0 bridgehead atoms. The molecule has 5 nitrogen and oxygen atoms in total. The van der Waals surface area contributed by atoms with Crippen LogP contribution in [-0.4, -0.2) is 23.1 Å². The lowest BCUT2D eigenvalue weighted by atomic mass is 10.1. The summed E-state index contributed by atoms with van der Waals surface area (Å²) in [6.45, 7) is 1.98. The van der Waals surface area contributed by atoms with Gasteiger partial charge in [-0.2, -0.15) is 5.26 Å². The lowest BCUT2D eigenvalue weighted by Crippen LogP contribution is -2.18. The summed E-state index contributed by atoms with van der Waals surface area (Å²) in [5.74, 6) is 0.0487. The molecule has 1 aliphatic rings. The Bertz CT molecular complexity index is 1010. The molecule has 2 heterocycles. The Kier molecular flexibility index (Phi) is 4.67. The number of nitriles is 1. The Morgan fingerprint density at radius 3 is 2.70 bits per heavy atom. The zero-order valence-corrected chi connectivity index (χ0v) is 14.7. The average Bonchev–Trinajstić information content (AvgIpc) is 3.22. The second kappa shape index (κ2) is 7.42. The molecule has 2 aromatic carbocycles. The first-order valence-corrected chi connectivity index (χ1v) is 8.88. The fourth-order valence-electron chi connectivity index (χ4n) is 3.29. The normalized spacial score (nSPS) is 13.4. The van der Waals surface area contributed by atoms with Gasteiger partial charge in [-0.25, -0.2) is 14.4 Å². The molecule has 1 saturated heterocycles. The van der Waals surface area contributed by atoms with E-state index >= 15 is 0 Å². The highest BCUT2D eigenvalue weighted by molar-refractivity contribution is 5.70. The van der Waals surface area contributed by atoms with Crippen LogP contribution in [0.3, 0.4) is 0 Å². The van der Waals surface area contributed by atoms with Crippen LogP contribution in [0.2, 0.25) is 0 Å². The van der Waals surface area contributed by atoms with E-state index in [1.165, 1.54) is 12.1 Å². The monoisotopic (exact) mass is 359 g/mol. The molecule has 1 N–H and O–H groups in total. The molecule has 27 heavy (non-hydrogen) atoms. The molecule has 1 aromatic heterocycles. The molecule has 1 fully saturated rings. The van der Waals surface area contributed by atoms with E-state index in [1.807, 2.05) is 18.2 Å². The molecule has 6 heteroatoms. The molecule has 0 atom stereocenters. The molecule has 0 aliphatic carbocycles. The summed E-state index contributed by atoms with van der Waals surface area (Å²) in [4.78, 5) is 10.9. The van der Waals surface area contributed by atoms with Gasteiger partial charge in [0.05, 0.1) is 16.9 Å². The Morgan fingerprint density at radius 1 is 1.07 bits per heavy atom. The van der Waals surface area contributed by atoms with Gasteiger partial charge in [-0.3, -0.25) is 0 Å². The van der Waals surface area contributed by atoms with Crippen LogP contribution in [0.4, 0.5) is 21.7 Å². The number of rotatable bonds is 4. The Balaban J connectivity index is 1.62. The summed E-state index contributed by atoms with van der Waals surface area (Å²) in [6.07, 6.45) is 3.96. The first-order valence-electron chi connectivity index (χ1n) is 8.88. The highest BCUT2D eigenvalue weighted by atomic mass is 19.1. The van der Waals surface area contributed by atoms with Crippen LogP contribution < -0.4 is 10.2 Å². The summed E-state index contributed by atoms with van der Waals surface area (Å²) in [7, 11) is 0. The largest absolute Gasteiger partial charge is 0.370 e. The molecule has 4 rings (SSSR count). The minimum Gasteiger partial charge on any atom is -0.370 e. The van der Waals surface area contributed by atoms with Crippen LogP contribution in [0.25, 0.3) is 11.3 Å². The summed E-state index contributed by atoms with van der Waals surface area (Å²) in [5, 5.41) is 12.6. The van der Waals surface area contributed by atoms with Crippen molar-refractivity contribution in [3.63, 3.8) is 0 Å². The van der Waals surface area contributed by atoms with Gasteiger partial charge in [0, 0.05) is 30.5 Å². The number of hydrogen-bond donors (Lipinski definition) is 1. The van der Waals surface area contributed by atoms with Crippen LogP contribution in [-0.2, 0) is 0 Å². The maximum Gasteiger partial charge on any atom is 0.227 e. The number of hydrogen-bond acceptors (Lipinski definition) is 5. The van der Waals surface area contributed by atoms with Gasteiger partial charge < -0.3 is 10.2 Å². The predicted molar refractivity (Wildman–Crippen MR) is 103 cm³/mol. The van der Waals surface area contributed by atoms with Gasteiger partial charge in [0.2, 0.25) is 5.95 Å². The van der Waals surface area contributed by atoms with E-state index in [1.54, 1.807) is 24.4 Å². The van der Waals surface area contributed by atoms with E-state index in [2.05, 4.69) is 26.3 Å². The lowest BCUT2D eigenvalue weighted by Gasteiger charge is -2.19. The summed E-state index contributed by atoms with van der Waals surface area (Å²) in [6, 6.07) is 16.1. The van der Waals surface area contributed by atoms with Gasteiger partial charge >= 0.3 is 0 Å². The maximum atomic E-state index is 13.3. The van der Waals surface area contributed by atoms with Crippen molar-refractivity contribution in [1.82, 2.24) is 9.97 Å². The number of nitrogens with one attached hydrogen (secondary N) is 1. The minimum atomic E-state index is -0.327. The van der Waals surface area contributed by atoms with E-state index in [0.717, 1.165) is 37.2 Å². The number of nitrogens with zero attached hydrogens (tertiary/aromatic N) is 4. The van der Waals surface area contributed by atoms with Crippen molar-refractivity contribution in [3.8, 4) is 17.3 Å². The fraction of sp³-hybridized carbons (Fsp3) is 0.190. The van der Waals surface area contributed by atoms with Crippen molar-refractivity contribution >= 4 is 17.3 Å². The van der Waals surface area contributed by atoms with E-state index in [0.29, 0.717) is 22.9 Å². The molecule has 0 radical (unpaired) electrons. The third-order valence-electron chi connectivity index (χ3n) is 4.60. The molecule has 3 aromatic rings. The summed E-state index contributed by atoms with van der Waals surface area (Å²) < 4.78 is 13.3. The number of aromatic nitrogens is 2. The Morgan fingerprint density at radius 2 is 1.93 bits per heavy atom. The Labute approximate surface area is 157 Å². The first kappa shape index (κ1) is 17.0. The molecule has 0 spiro atoms. The molecule has 0 saturated carbocycles. The molecule has 134 valence electrons. The number of anilines is 3. The van der Waals surface area contributed by atoms with Gasteiger partial charge in [-0.15, -0.1) is 0 Å². The van der Waals surface area contributed by atoms with Gasteiger partial charge in [-0.1, -0.05) is 12.1 Å². The average molecular weight is 359 g/mol. The highest BCUT2D eigenvalue weighted by Gasteiger charge is 2.16. The summed E-state index contributed by atoms with van der Waals surface area (Å²) >= 11 is 0. The predicted octanol–water partition coefficient (Wildman–Crippen LogP) is 4.50. The maximum absolute atomic E-state index is 13.3. The third-order valence-corrected chi connectivity index (χ3v) is 4.60. The van der Waals surface area contributed by atoms with E-state index in [-0.39, 0.29) is 5.82 Å². The zero-order valence-electron chi connectivity index (χ0n) is 14.7. The van der Waals surface area contributed by atoms with Gasteiger partial charge in [0.25, 0.3) is 0 Å². The molecule has 0 amide bonds. The number of halogens is 1. The fourth-order valence-corrected chi connectivity index (χ4v) is 3.29. The van der Waals surface area contributed by atoms with Crippen LogP contribution >= 0.6 is 0 Å². The molecule has 0 unspecified atom stereocenters. The smallest absolute Gasteiger partial charge is 0.227 e. The second-order valence-electron chi connectivity index (χ2n) is 6.44. The van der Waals surface area contributed by atoms with Crippen molar-refractivity contribution in [2.75, 3.05) is 23.3 Å². The van der Waals surface area contributed by atoms with Crippen LogP contribution in [0.5, 0.6) is 0 Å². The quantitative estimate of drug-likeness (QED) is 0.743. The van der Waals surface area contributed by atoms with Crippen molar-refractivity contribution in [1.29, 1.82) is 5.26 Å². The zero-order chi connectivity index (χ0) is 18.6. The van der Waals surface area contributed by atoms with Crippen molar-refractivity contribution < 1.29 is 4.39 Å². The third kappa shape index (κ3) is 3.72. The van der Waals surface area contributed by atoms with Gasteiger partial charge in [0.15, 0.2) is 0 Å². The van der Waals surface area contributed by atoms with Crippen LogP contribution in [0, 0.1) is 17.1 Å². The summed E-state index contributed by atoms with van der Waals surface area (Å²) in [5.41, 5.74) is 3.75. The van der Waals surface area contributed by atoms with Crippen molar-refractivity contribution in [3.05, 3.63) is 66.1 Å². The van der Waals surface area contributed by atoms with E-state index < -0.39 is 0 Å². The first-order chi connectivity index (χ1) is 13.2. The van der Waals surface area contributed by atoms with Crippen molar-refractivity contribution in [2.45, 2.75) is 12.8 Å². The van der Waals surface area contributed by atoms with Crippen LogP contribution in [0.15, 0.2) is 54.7 Å². The number of benzene rings is 2. The molecular weight excluding hydrogens is 341 g/mol. The minimum absolute atomic E-state index is 0.327. The van der Waals surface area contributed by atoms with Crippen LogP contribution in [0.1, 0.15) is 18.4 Å². The highest BCUT2D eigenvalue weighted by Crippen LogP contribution is 2.29. The van der Waals surface area contributed by atoms with Gasteiger partial charge in [0.1, 0.15) is 11.9 Å². The topological polar surface area (TPSA) is 64.8 Å².